The van der Waals surface area contributed by atoms with Crippen molar-refractivity contribution in [1.82, 2.24) is 10.1 Å². The van der Waals surface area contributed by atoms with Gasteiger partial charge in [0.25, 0.3) is 0 Å². The minimum atomic E-state index is 0.399. The van der Waals surface area contributed by atoms with Gasteiger partial charge in [0, 0.05) is 18.5 Å². The zero-order valence-corrected chi connectivity index (χ0v) is 14.1. The van der Waals surface area contributed by atoms with Gasteiger partial charge < -0.3 is 4.52 Å². The third kappa shape index (κ3) is 3.09. The van der Waals surface area contributed by atoms with Crippen molar-refractivity contribution in [3.8, 4) is 0 Å². The molecule has 2 heterocycles. The van der Waals surface area contributed by atoms with Gasteiger partial charge in [-0.3, -0.25) is 4.90 Å². The van der Waals surface area contributed by atoms with Crippen LogP contribution in [0.15, 0.2) is 28.8 Å². The zero-order valence-electron chi connectivity index (χ0n) is 14.1. The van der Waals surface area contributed by atoms with E-state index in [1.54, 1.807) is 0 Å². The second-order valence-electron chi connectivity index (χ2n) is 6.87. The summed E-state index contributed by atoms with van der Waals surface area (Å²) >= 11 is 0. The van der Waals surface area contributed by atoms with E-state index in [9.17, 15) is 0 Å². The molecule has 2 aromatic rings. The maximum Gasteiger partial charge on any atom is 0.139 e. The number of aryl methyl sites for hydroxylation is 2. The van der Waals surface area contributed by atoms with Crippen LogP contribution in [0.25, 0.3) is 0 Å². The molecule has 1 aromatic carbocycles. The lowest BCUT2D eigenvalue weighted by atomic mass is 10.0. The number of hydrogen-bond acceptors (Lipinski definition) is 3. The summed E-state index contributed by atoms with van der Waals surface area (Å²) in [6.45, 7) is 10.8. The van der Waals surface area contributed by atoms with Gasteiger partial charge in [-0.1, -0.05) is 42.8 Å². The molecule has 118 valence electrons. The predicted octanol–water partition coefficient (Wildman–Crippen LogP) is 4.75. The van der Waals surface area contributed by atoms with E-state index in [0.717, 1.165) is 24.5 Å². The fourth-order valence-electron chi connectivity index (χ4n) is 3.33. The van der Waals surface area contributed by atoms with Crippen molar-refractivity contribution in [2.24, 2.45) is 0 Å². The molecule has 0 unspecified atom stereocenters. The highest BCUT2D eigenvalue weighted by molar-refractivity contribution is 5.30. The van der Waals surface area contributed by atoms with Crippen molar-refractivity contribution >= 4 is 0 Å². The van der Waals surface area contributed by atoms with Gasteiger partial charge >= 0.3 is 0 Å². The molecular weight excluding hydrogens is 272 g/mol. The highest BCUT2D eigenvalue weighted by Gasteiger charge is 2.29. The highest BCUT2D eigenvalue weighted by Crippen LogP contribution is 2.34. The van der Waals surface area contributed by atoms with Crippen LogP contribution in [0.5, 0.6) is 0 Å². The quantitative estimate of drug-likeness (QED) is 0.815. The summed E-state index contributed by atoms with van der Waals surface area (Å²) in [6, 6.07) is 9.29. The normalized spacial score (nSPS) is 19.2. The van der Waals surface area contributed by atoms with E-state index in [0.29, 0.717) is 12.0 Å². The molecule has 0 saturated carbocycles. The first-order valence-electron chi connectivity index (χ1n) is 8.31. The van der Waals surface area contributed by atoms with Gasteiger partial charge in [0.2, 0.25) is 0 Å². The Bertz CT molecular complexity index is 645. The van der Waals surface area contributed by atoms with Gasteiger partial charge in [-0.2, -0.15) is 0 Å². The molecular formula is C19H26N2O. The van der Waals surface area contributed by atoms with Gasteiger partial charge in [0.05, 0.1) is 6.04 Å². The van der Waals surface area contributed by atoms with E-state index < -0.39 is 0 Å². The Morgan fingerprint density at radius 2 is 2.09 bits per heavy atom. The van der Waals surface area contributed by atoms with E-state index in [-0.39, 0.29) is 0 Å². The molecule has 1 saturated heterocycles. The van der Waals surface area contributed by atoms with Crippen LogP contribution in [-0.4, -0.2) is 16.6 Å². The molecule has 22 heavy (non-hydrogen) atoms. The fraction of sp³-hybridized carbons (Fsp3) is 0.526. The lowest BCUT2D eigenvalue weighted by Gasteiger charge is -2.23. The van der Waals surface area contributed by atoms with Crippen LogP contribution in [0.1, 0.15) is 66.8 Å². The summed E-state index contributed by atoms with van der Waals surface area (Å²) < 4.78 is 5.50. The molecule has 1 atom stereocenters. The Kier molecular flexibility index (Phi) is 4.34. The van der Waals surface area contributed by atoms with Gasteiger partial charge in [-0.25, -0.2) is 0 Å². The number of aromatic nitrogens is 1. The number of nitrogens with zero attached hydrogens (tertiary/aromatic N) is 2. The van der Waals surface area contributed by atoms with Crippen LogP contribution in [0.4, 0.5) is 0 Å². The molecule has 0 radical (unpaired) electrons. The smallest absolute Gasteiger partial charge is 0.139 e. The Morgan fingerprint density at radius 3 is 2.77 bits per heavy atom. The van der Waals surface area contributed by atoms with Gasteiger partial charge in [-0.05, 0) is 44.4 Å². The van der Waals surface area contributed by atoms with E-state index in [4.69, 9.17) is 4.52 Å². The number of likely N-dealkylation sites (tertiary alicyclic amines) is 1. The van der Waals surface area contributed by atoms with Crippen LogP contribution in [0, 0.1) is 13.8 Å². The van der Waals surface area contributed by atoms with E-state index in [2.05, 4.69) is 62.0 Å². The molecule has 1 fully saturated rings. The summed E-state index contributed by atoms with van der Waals surface area (Å²) in [6.07, 6.45) is 2.41. The summed E-state index contributed by atoms with van der Waals surface area (Å²) in [7, 11) is 0. The lowest BCUT2D eigenvalue weighted by Crippen LogP contribution is -2.23. The second kappa shape index (κ2) is 6.25. The molecule has 0 amide bonds. The van der Waals surface area contributed by atoms with Crippen LogP contribution in [-0.2, 0) is 6.54 Å². The van der Waals surface area contributed by atoms with Crippen molar-refractivity contribution in [3.63, 3.8) is 0 Å². The Labute approximate surface area is 133 Å². The van der Waals surface area contributed by atoms with Gasteiger partial charge in [0.15, 0.2) is 0 Å². The van der Waals surface area contributed by atoms with Crippen LogP contribution in [0.2, 0.25) is 0 Å². The monoisotopic (exact) mass is 298 g/mol. The first-order chi connectivity index (χ1) is 10.5. The Hall–Kier alpha value is -1.61. The van der Waals surface area contributed by atoms with Crippen molar-refractivity contribution in [2.45, 2.75) is 59.0 Å². The Balaban J connectivity index is 1.77. The first-order valence-corrected chi connectivity index (χ1v) is 8.31. The van der Waals surface area contributed by atoms with Crippen LogP contribution < -0.4 is 0 Å². The molecule has 3 heteroatoms. The summed E-state index contributed by atoms with van der Waals surface area (Å²) in [5, 5.41) is 4.33. The van der Waals surface area contributed by atoms with Gasteiger partial charge in [-0.15, -0.1) is 0 Å². The van der Waals surface area contributed by atoms with Crippen molar-refractivity contribution in [2.75, 3.05) is 6.54 Å². The topological polar surface area (TPSA) is 29.3 Å². The third-order valence-corrected chi connectivity index (χ3v) is 4.69. The zero-order chi connectivity index (χ0) is 15.7. The molecule has 0 spiro atoms. The predicted molar refractivity (Wildman–Crippen MR) is 88.9 cm³/mol. The minimum absolute atomic E-state index is 0.399. The average Bonchev–Trinajstić information content (AvgIpc) is 3.10. The molecule has 1 aromatic heterocycles. The third-order valence-electron chi connectivity index (χ3n) is 4.69. The standard InChI is InChI=1S/C19H26N2O/c1-13(2)19-11-17(20-22-19)18-6-5-9-21(18)12-16-8-7-14(3)10-15(16)4/h7-8,10-11,13,18H,5-6,9,12H2,1-4H3/t18-/m0/s1. The maximum absolute atomic E-state index is 5.50. The largest absolute Gasteiger partial charge is 0.361 e. The van der Waals surface area contributed by atoms with E-state index in [1.807, 2.05) is 0 Å². The highest BCUT2D eigenvalue weighted by atomic mass is 16.5. The first kappa shape index (κ1) is 15.3. The van der Waals surface area contributed by atoms with Crippen molar-refractivity contribution in [3.05, 3.63) is 52.4 Å². The number of hydrogen-bond donors (Lipinski definition) is 0. The summed E-state index contributed by atoms with van der Waals surface area (Å²) in [5.74, 6) is 1.39. The van der Waals surface area contributed by atoms with Crippen LogP contribution >= 0.6 is 0 Å². The SMILES string of the molecule is Cc1ccc(CN2CCC[C@H]2c2cc(C(C)C)on2)c(C)c1. The number of rotatable bonds is 4. The minimum Gasteiger partial charge on any atom is -0.361 e. The van der Waals surface area contributed by atoms with E-state index >= 15 is 0 Å². The lowest BCUT2D eigenvalue weighted by molar-refractivity contribution is 0.235. The van der Waals surface area contributed by atoms with Crippen molar-refractivity contribution < 1.29 is 4.52 Å². The molecule has 1 aliphatic heterocycles. The number of benzene rings is 1. The summed E-state index contributed by atoms with van der Waals surface area (Å²) in [4.78, 5) is 2.54. The maximum atomic E-state index is 5.50. The Morgan fingerprint density at radius 1 is 1.27 bits per heavy atom. The average molecular weight is 298 g/mol. The molecule has 3 nitrogen and oxygen atoms in total. The van der Waals surface area contributed by atoms with E-state index in [1.165, 1.54) is 29.5 Å². The molecule has 3 rings (SSSR count). The fourth-order valence-corrected chi connectivity index (χ4v) is 3.33. The van der Waals surface area contributed by atoms with Crippen molar-refractivity contribution in [1.29, 1.82) is 0 Å². The van der Waals surface area contributed by atoms with Gasteiger partial charge in [0.1, 0.15) is 11.5 Å². The van der Waals surface area contributed by atoms with Crippen LogP contribution in [0.3, 0.4) is 0 Å². The summed E-state index contributed by atoms with van der Waals surface area (Å²) in [5.41, 5.74) is 5.24. The molecule has 0 aliphatic carbocycles. The molecule has 0 N–H and O–H groups in total. The second-order valence-corrected chi connectivity index (χ2v) is 6.87. The molecule has 1 aliphatic rings. The molecule has 0 bridgehead atoms.